The molecule has 3 nitrogen and oxygen atoms in total. The zero-order valence-electron chi connectivity index (χ0n) is 11.1. The minimum atomic E-state index is -0.200. The minimum absolute atomic E-state index is 0.200. The van der Waals surface area contributed by atoms with Crippen LogP contribution in [0.3, 0.4) is 0 Å². The SMILES string of the molecule is CCCN1CCC(NCC(O)C(C)C)CC1. The molecule has 0 saturated carbocycles. The van der Waals surface area contributed by atoms with E-state index in [1.807, 2.05) is 0 Å². The van der Waals surface area contributed by atoms with Crippen LogP contribution in [-0.4, -0.2) is 48.3 Å². The first kappa shape index (κ1) is 13.9. The van der Waals surface area contributed by atoms with Crippen LogP contribution in [0.2, 0.25) is 0 Å². The molecule has 0 spiro atoms. The van der Waals surface area contributed by atoms with Crippen molar-refractivity contribution < 1.29 is 5.11 Å². The first-order chi connectivity index (χ1) is 7.63. The summed E-state index contributed by atoms with van der Waals surface area (Å²) in [6.07, 6.45) is 3.51. The molecule has 1 fully saturated rings. The Bertz CT molecular complexity index is 177. The molecule has 1 rings (SSSR count). The van der Waals surface area contributed by atoms with Crippen LogP contribution in [0.5, 0.6) is 0 Å². The molecule has 1 aliphatic rings. The van der Waals surface area contributed by atoms with Crippen LogP contribution >= 0.6 is 0 Å². The zero-order valence-corrected chi connectivity index (χ0v) is 11.1. The maximum absolute atomic E-state index is 9.72. The molecule has 0 radical (unpaired) electrons. The summed E-state index contributed by atoms with van der Waals surface area (Å²) in [7, 11) is 0. The Balaban J connectivity index is 2.12. The minimum Gasteiger partial charge on any atom is -0.392 e. The van der Waals surface area contributed by atoms with Gasteiger partial charge in [-0.1, -0.05) is 20.8 Å². The molecule has 1 saturated heterocycles. The third kappa shape index (κ3) is 4.81. The quantitative estimate of drug-likeness (QED) is 0.722. The first-order valence-corrected chi connectivity index (χ1v) is 6.77. The van der Waals surface area contributed by atoms with E-state index < -0.39 is 0 Å². The first-order valence-electron chi connectivity index (χ1n) is 6.77. The highest BCUT2D eigenvalue weighted by atomic mass is 16.3. The predicted octanol–water partition coefficient (Wildman–Crippen LogP) is 1.47. The third-order valence-corrected chi connectivity index (χ3v) is 3.51. The number of hydrogen-bond acceptors (Lipinski definition) is 3. The van der Waals surface area contributed by atoms with E-state index in [1.54, 1.807) is 0 Å². The highest BCUT2D eigenvalue weighted by Crippen LogP contribution is 2.11. The summed E-state index contributed by atoms with van der Waals surface area (Å²) in [5, 5.41) is 13.2. The summed E-state index contributed by atoms with van der Waals surface area (Å²) >= 11 is 0. The summed E-state index contributed by atoms with van der Waals surface area (Å²) in [4.78, 5) is 2.54. The lowest BCUT2D eigenvalue weighted by Gasteiger charge is -2.32. The van der Waals surface area contributed by atoms with Gasteiger partial charge in [0.1, 0.15) is 0 Å². The van der Waals surface area contributed by atoms with E-state index >= 15 is 0 Å². The molecule has 3 heteroatoms. The average Bonchev–Trinajstić information content (AvgIpc) is 2.28. The predicted molar refractivity (Wildman–Crippen MR) is 68.6 cm³/mol. The largest absolute Gasteiger partial charge is 0.392 e. The van der Waals surface area contributed by atoms with E-state index in [9.17, 15) is 5.11 Å². The van der Waals surface area contributed by atoms with Crippen molar-refractivity contribution in [1.29, 1.82) is 0 Å². The van der Waals surface area contributed by atoms with Gasteiger partial charge in [0.2, 0.25) is 0 Å². The van der Waals surface area contributed by atoms with E-state index in [0.29, 0.717) is 12.0 Å². The Morgan fingerprint density at radius 1 is 1.31 bits per heavy atom. The van der Waals surface area contributed by atoms with Gasteiger partial charge in [-0.3, -0.25) is 0 Å². The summed E-state index contributed by atoms with van der Waals surface area (Å²) in [5.41, 5.74) is 0. The molecule has 0 aliphatic carbocycles. The highest BCUT2D eigenvalue weighted by Gasteiger charge is 2.19. The van der Waals surface area contributed by atoms with Crippen molar-refractivity contribution in [3.05, 3.63) is 0 Å². The van der Waals surface area contributed by atoms with E-state index in [-0.39, 0.29) is 6.10 Å². The van der Waals surface area contributed by atoms with E-state index in [0.717, 1.165) is 6.54 Å². The number of rotatable bonds is 6. The van der Waals surface area contributed by atoms with Gasteiger partial charge in [-0.15, -0.1) is 0 Å². The normalized spacial score (nSPS) is 21.6. The van der Waals surface area contributed by atoms with Gasteiger partial charge in [0.05, 0.1) is 6.10 Å². The van der Waals surface area contributed by atoms with Crippen molar-refractivity contribution >= 4 is 0 Å². The van der Waals surface area contributed by atoms with Crippen molar-refractivity contribution in [3.8, 4) is 0 Å². The second-order valence-electron chi connectivity index (χ2n) is 5.34. The number of nitrogens with one attached hydrogen (secondary N) is 1. The van der Waals surface area contributed by atoms with Crippen molar-refractivity contribution in [2.24, 2.45) is 5.92 Å². The van der Waals surface area contributed by atoms with Crippen LogP contribution in [0.25, 0.3) is 0 Å². The van der Waals surface area contributed by atoms with E-state index in [4.69, 9.17) is 0 Å². The highest BCUT2D eigenvalue weighted by molar-refractivity contribution is 4.78. The Kier molecular flexibility index (Phi) is 6.32. The maximum atomic E-state index is 9.72. The van der Waals surface area contributed by atoms with Gasteiger partial charge in [0.25, 0.3) is 0 Å². The molecule has 1 heterocycles. The van der Waals surface area contributed by atoms with Crippen LogP contribution in [0.4, 0.5) is 0 Å². The van der Waals surface area contributed by atoms with E-state index in [2.05, 4.69) is 31.0 Å². The topological polar surface area (TPSA) is 35.5 Å². The fraction of sp³-hybridized carbons (Fsp3) is 1.00. The van der Waals surface area contributed by atoms with Crippen molar-refractivity contribution in [2.75, 3.05) is 26.2 Å². The molecular formula is C13H28N2O. The summed E-state index contributed by atoms with van der Waals surface area (Å²) in [5.74, 6) is 0.354. The molecular weight excluding hydrogens is 200 g/mol. The van der Waals surface area contributed by atoms with Gasteiger partial charge in [0, 0.05) is 12.6 Å². The number of piperidine rings is 1. The standard InChI is InChI=1S/C13H28N2O/c1-4-7-15-8-5-12(6-9-15)14-10-13(16)11(2)3/h11-14,16H,4-10H2,1-3H3. The maximum Gasteiger partial charge on any atom is 0.0687 e. The van der Waals surface area contributed by atoms with Crippen molar-refractivity contribution in [2.45, 2.75) is 52.2 Å². The van der Waals surface area contributed by atoms with Crippen LogP contribution in [0.15, 0.2) is 0 Å². The Hall–Kier alpha value is -0.120. The lowest BCUT2D eigenvalue weighted by atomic mass is 10.0. The number of hydrogen-bond donors (Lipinski definition) is 2. The van der Waals surface area contributed by atoms with Gasteiger partial charge in [-0.05, 0) is 44.8 Å². The van der Waals surface area contributed by atoms with Crippen LogP contribution in [0, 0.1) is 5.92 Å². The Morgan fingerprint density at radius 2 is 1.94 bits per heavy atom. The zero-order chi connectivity index (χ0) is 12.0. The summed E-state index contributed by atoms with van der Waals surface area (Å²) in [6, 6.07) is 0.613. The van der Waals surface area contributed by atoms with Gasteiger partial charge in [-0.25, -0.2) is 0 Å². The molecule has 0 aromatic heterocycles. The van der Waals surface area contributed by atoms with Crippen LogP contribution in [-0.2, 0) is 0 Å². The Labute approximate surface area is 100 Å². The van der Waals surface area contributed by atoms with Gasteiger partial charge >= 0.3 is 0 Å². The number of aliphatic hydroxyl groups excluding tert-OH is 1. The molecule has 1 aliphatic heterocycles. The van der Waals surface area contributed by atoms with Crippen molar-refractivity contribution in [3.63, 3.8) is 0 Å². The molecule has 0 aromatic rings. The van der Waals surface area contributed by atoms with Crippen molar-refractivity contribution in [1.82, 2.24) is 10.2 Å². The molecule has 16 heavy (non-hydrogen) atoms. The van der Waals surface area contributed by atoms with Gasteiger partial charge in [-0.2, -0.15) is 0 Å². The molecule has 96 valence electrons. The molecule has 0 bridgehead atoms. The fourth-order valence-electron chi connectivity index (χ4n) is 2.20. The second kappa shape index (κ2) is 7.25. The van der Waals surface area contributed by atoms with Crippen LogP contribution in [0.1, 0.15) is 40.0 Å². The average molecular weight is 228 g/mol. The smallest absolute Gasteiger partial charge is 0.0687 e. The lowest BCUT2D eigenvalue weighted by Crippen LogP contribution is -2.45. The fourth-order valence-corrected chi connectivity index (χ4v) is 2.20. The van der Waals surface area contributed by atoms with E-state index in [1.165, 1.54) is 38.9 Å². The summed E-state index contributed by atoms with van der Waals surface area (Å²) in [6.45, 7) is 10.8. The molecule has 0 aromatic carbocycles. The summed E-state index contributed by atoms with van der Waals surface area (Å²) < 4.78 is 0. The molecule has 1 atom stereocenters. The molecule has 2 N–H and O–H groups in total. The lowest BCUT2D eigenvalue weighted by molar-refractivity contribution is 0.112. The number of likely N-dealkylation sites (tertiary alicyclic amines) is 1. The molecule has 0 amide bonds. The number of nitrogens with zero attached hydrogens (tertiary/aromatic N) is 1. The number of aliphatic hydroxyl groups is 1. The third-order valence-electron chi connectivity index (χ3n) is 3.51. The van der Waals surface area contributed by atoms with Crippen LogP contribution < -0.4 is 5.32 Å². The van der Waals surface area contributed by atoms with Gasteiger partial charge < -0.3 is 15.3 Å². The van der Waals surface area contributed by atoms with Gasteiger partial charge in [0.15, 0.2) is 0 Å². The Morgan fingerprint density at radius 3 is 2.44 bits per heavy atom. The molecule has 1 unspecified atom stereocenters. The monoisotopic (exact) mass is 228 g/mol. The second-order valence-corrected chi connectivity index (χ2v) is 5.34.